The Morgan fingerprint density at radius 1 is 1.32 bits per heavy atom. The lowest BCUT2D eigenvalue weighted by Gasteiger charge is -2.22. The number of hydrogen-bond acceptors (Lipinski definition) is 6. The number of benzene rings is 1. The highest BCUT2D eigenvalue weighted by molar-refractivity contribution is 7.12. The van der Waals surface area contributed by atoms with Gasteiger partial charge in [-0.15, -0.1) is 0 Å². The van der Waals surface area contributed by atoms with Gasteiger partial charge in [-0.3, -0.25) is 4.99 Å². The molecule has 3 aromatic rings. The van der Waals surface area contributed by atoms with Crippen LogP contribution >= 0.6 is 11.3 Å². The molecule has 1 aromatic carbocycles. The number of nitrogen functional groups attached to an aromatic ring is 1. The van der Waals surface area contributed by atoms with Crippen LogP contribution in [0.5, 0.6) is 0 Å². The topological polar surface area (TPSA) is 89.3 Å². The lowest BCUT2D eigenvalue weighted by atomic mass is 9.94. The molecule has 1 saturated carbocycles. The average molecular weight is 355 g/mol. The van der Waals surface area contributed by atoms with Gasteiger partial charge in [-0.2, -0.15) is 0 Å². The van der Waals surface area contributed by atoms with Gasteiger partial charge in [-0.25, -0.2) is 9.97 Å². The molecule has 2 heterocycles. The fourth-order valence-electron chi connectivity index (χ4n) is 3.32. The maximum absolute atomic E-state index is 9.85. The molecule has 2 unspecified atom stereocenters. The molecule has 0 amide bonds. The fourth-order valence-corrected chi connectivity index (χ4v) is 4.37. The van der Waals surface area contributed by atoms with Crippen LogP contribution in [0.4, 0.5) is 5.82 Å². The molecule has 1 aliphatic rings. The number of hydrogen-bond donors (Lipinski definition) is 2. The smallest absolute Gasteiger partial charge is 0.185 e. The second-order valence-electron chi connectivity index (χ2n) is 6.58. The van der Waals surface area contributed by atoms with Crippen molar-refractivity contribution >= 4 is 28.1 Å². The summed E-state index contributed by atoms with van der Waals surface area (Å²) >= 11 is 1.66. The summed E-state index contributed by atoms with van der Waals surface area (Å²) in [5, 5.41) is 10.7. The van der Waals surface area contributed by atoms with Crippen molar-refractivity contribution in [1.82, 2.24) is 14.5 Å². The van der Waals surface area contributed by atoms with Gasteiger partial charge in [0, 0.05) is 18.6 Å². The van der Waals surface area contributed by atoms with Gasteiger partial charge in [0.2, 0.25) is 0 Å². The van der Waals surface area contributed by atoms with E-state index in [0.29, 0.717) is 5.82 Å². The van der Waals surface area contributed by atoms with Gasteiger partial charge in [-0.05, 0) is 43.4 Å². The highest BCUT2D eigenvalue weighted by atomic mass is 32.1. The van der Waals surface area contributed by atoms with Gasteiger partial charge in [0.1, 0.15) is 12.1 Å². The maximum Gasteiger partial charge on any atom is 0.185 e. The number of aliphatic hydroxyl groups is 1. The van der Waals surface area contributed by atoms with Gasteiger partial charge in [0.15, 0.2) is 4.80 Å². The van der Waals surface area contributed by atoms with Crippen molar-refractivity contribution in [3.63, 3.8) is 0 Å². The third-order valence-corrected chi connectivity index (χ3v) is 5.81. The molecule has 130 valence electrons. The molecule has 1 fully saturated rings. The van der Waals surface area contributed by atoms with Crippen molar-refractivity contribution in [3.8, 4) is 10.4 Å². The Kier molecular flexibility index (Phi) is 4.27. The van der Waals surface area contributed by atoms with Crippen LogP contribution in [-0.4, -0.2) is 31.8 Å². The first-order valence-corrected chi connectivity index (χ1v) is 9.31. The first kappa shape index (κ1) is 16.2. The average Bonchev–Trinajstić information content (AvgIpc) is 2.96. The molecule has 0 spiro atoms. The number of aryl methyl sites for hydroxylation is 1. The Bertz CT molecular complexity index is 977. The van der Waals surface area contributed by atoms with E-state index >= 15 is 0 Å². The van der Waals surface area contributed by atoms with E-state index in [1.807, 2.05) is 25.2 Å². The molecule has 7 heteroatoms. The number of rotatable bonds is 2. The van der Waals surface area contributed by atoms with Gasteiger partial charge in [0.25, 0.3) is 0 Å². The zero-order valence-corrected chi connectivity index (χ0v) is 14.9. The highest BCUT2D eigenvalue weighted by Crippen LogP contribution is 2.27. The van der Waals surface area contributed by atoms with Gasteiger partial charge in [0.05, 0.1) is 22.5 Å². The Hall–Kier alpha value is -2.25. The van der Waals surface area contributed by atoms with Crippen LogP contribution in [-0.2, 0) is 7.05 Å². The third-order valence-electron chi connectivity index (χ3n) is 4.68. The Morgan fingerprint density at radius 2 is 2.20 bits per heavy atom. The standard InChI is InChI=1S/C18H21N5OS/c1-23-9-16(25-18(23)22-12-3-2-4-13(24)8-12)11-5-6-14-15(7-11)20-10-21-17(14)19/h5-7,9-10,12-13,24H,2-4,8H2,1H3,(H2,19,20,21)/b22-18-. The largest absolute Gasteiger partial charge is 0.393 e. The minimum absolute atomic E-state index is 0.210. The molecule has 25 heavy (non-hydrogen) atoms. The van der Waals surface area contributed by atoms with E-state index in [-0.39, 0.29) is 12.1 Å². The number of nitrogens with two attached hydrogens (primary N) is 1. The van der Waals surface area contributed by atoms with Crippen molar-refractivity contribution in [2.75, 3.05) is 5.73 Å². The number of nitrogens with zero attached hydrogens (tertiary/aromatic N) is 4. The molecule has 0 radical (unpaired) electrons. The molecule has 4 rings (SSSR count). The van der Waals surface area contributed by atoms with Crippen LogP contribution in [0, 0.1) is 0 Å². The quantitative estimate of drug-likeness (QED) is 0.739. The molecular weight excluding hydrogens is 334 g/mol. The zero-order chi connectivity index (χ0) is 17.4. The molecule has 6 nitrogen and oxygen atoms in total. The van der Waals surface area contributed by atoms with Crippen molar-refractivity contribution in [2.45, 2.75) is 37.8 Å². The van der Waals surface area contributed by atoms with E-state index in [9.17, 15) is 5.11 Å². The van der Waals surface area contributed by atoms with E-state index in [1.54, 1.807) is 11.3 Å². The number of thiazole rings is 1. The number of anilines is 1. The summed E-state index contributed by atoms with van der Waals surface area (Å²) in [5.74, 6) is 0.500. The van der Waals surface area contributed by atoms with E-state index < -0.39 is 0 Å². The Balaban J connectivity index is 1.70. The summed E-state index contributed by atoms with van der Waals surface area (Å²) in [6.45, 7) is 0. The van der Waals surface area contributed by atoms with E-state index in [0.717, 1.165) is 51.8 Å². The molecule has 0 aliphatic heterocycles. The van der Waals surface area contributed by atoms with Crippen molar-refractivity contribution in [2.24, 2.45) is 12.0 Å². The SMILES string of the molecule is Cn1cc(-c2ccc3c(N)ncnc3c2)s/c1=N\C1CCCC(O)C1. The first-order chi connectivity index (χ1) is 12.1. The predicted molar refractivity (Wildman–Crippen MR) is 100 cm³/mol. The second kappa shape index (κ2) is 6.57. The number of aliphatic hydroxyl groups excluding tert-OH is 1. The second-order valence-corrected chi connectivity index (χ2v) is 7.59. The summed E-state index contributed by atoms with van der Waals surface area (Å²) in [6, 6.07) is 6.26. The number of fused-ring (bicyclic) bond motifs is 1. The van der Waals surface area contributed by atoms with Crippen LogP contribution in [0.25, 0.3) is 21.3 Å². The summed E-state index contributed by atoms with van der Waals surface area (Å²) in [7, 11) is 2.01. The lowest BCUT2D eigenvalue weighted by molar-refractivity contribution is 0.120. The molecule has 2 atom stereocenters. The first-order valence-electron chi connectivity index (χ1n) is 8.49. The van der Waals surface area contributed by atoms with Crippen molar-refractivity contribution in [1.29, 1.82) is 0 Å². The van der Waals surface area contributed by atoms with Crippen molar-refractivity contribution < 1.29 is 5.11 Å². The van der Waals surface area contributed by atoms with Crippen LogP contribution < -0.4 is 10.5 Å². The molecular formula is C18H21N5OS. The lowest BCUT2D eigenvalue weighted by Crippen LogP contribution is -2.25. The van der Waals surface area contributed by atoms with E-state index in [4.69, 9.17) is 10.7 Å². The minimum Gasteiger partial charge on any atom is -0.393 e. The Labute approximate surface area is 149 Å². The van der Waals surface area contributed by atoms with Gasteiger partial charge in [-0.1, -0.05) is 17.4 Å². The predicted octanol–water partition coefficient (Wildman–Crippen LogP) is 2.48. The normalized spacial score (nSPS) is 21.8. The minimum atomic E-state index is -0.210. The monoisotopic (exact) mass is 355 g/mol. The van der Waals surface area contributed by atoms with Crippen LogP contribution in [0.2, 0.25) is 0 Å². The molecule has 1 aliphatic carbocycles. The molecule has 2 aromatic heterocycles. The zero-order valence-electron chi connectivity index (χ0n) is 14.1. The third kappa shape index (κ3) is 3.29. The molecule has 0 saturated heterocycles. The van der Waals surface area contributed by atoms with Crippen LogP contribution in [0.1, 0.15) is 25.7 Å². The van der Waals surface area contributed by atoms with E-state index in [1.165, 1.54) is 6.33 Å². The van der Waals surface area contributed by atoms with E-state index in [2.05, 4.69) is 20.7 Å². The van der Waals surface area contributed by atoms with Crippen LogP contribution in [0.15, 0.2) is 35.7 Å². The fraction of sp³-hybridized carbons (Fsp3) is 0.389. The summed E-state index contributed by atoms with van der Waals surface area (Å²) in [5.41, 5.74) is 7.84. The Morgan fingerprint density at radius 3 is 3.04 bits per heavy atom. The maximum atomic E-state index is 9.85. The van der Waals surface area contributed by atoms with Crippen LogP contribution in [0.3, 0.4) is 0 Å². The van der Waals surface area contributed by atoms with Gasteiger partial charge >= 0.3 is 0 Å². The summed E-state index contributed by atoms with van der Waals surface area (Å²) < 4.78 is 2.06. The summed E-state index contributed by atoms with van der Waals surface area (Å²) in [6.07, 6.45) is 7.13. The number of aromatic nitrogens is 3. The highest BCUT2D eigenvalue weighted by Gasteiger charge is 2.19. The molecule has 3 N–H and O–H groups in total. The molecule has 0 bridgehead atoms. The van der Waals surface area contributed by atoms with Crippen molar-refractivity contribution in [3.05, 3.63) is 35.5 Å². The van der Waals surface area contributed by atoms with Gasteiger partial charge < -0.3 is 15.4 Å². The summed E-state index contributed by atoms with van der Waals surface area (Å²) in [4.78, 5) is 15.3.